The summed E-state index contributed by atoms with van der Waals surface area (Å²) in [6.45, 7) is 4.71. The van der Waals surface area contributed by atoms with Crippen LogP contribution in [0.2, 0.25) is 0 Å². The first-order valence-electron chi connectivity index (χ1n) is 23.0. The van der Waals surface area contributed by atoms with Gasteiger partial charge in [-0.05, 0) is 38.5 Å². The average Bonchev–Trinajstić information content (AvgIpc) is 3.12. The van der Waals surface area contributed by atoms with E-state index in [2.05, 4.69) is 31.3 Å². The number of phosphoric ester groups is 1. The Bertz CT molecular complexity index is 896. The van der Waals surface area contributed by atoms with E-state index in [0.29, 0.717) is 23.9 Å². The quantitative estimate of drug-likeness (QED) is 0.0276. The van der Waals surface area contributed by atoms with E-state index in [4.69, 9.17) is 9.05 Å². The molecule has 9 heteroatoms. The van der Waals surface area contributed by atoms with E-state index in [1.54, 1.807) is 0 Å². The Morgan fingerprint density at radius 2 is 1.02 bits per heavy atom. The lowest BCUT2D eigenvalue weighted by Crippen LogP contribution is -2.46. The molecule has 0 spiro atoms. The lowest BCUT2D eigenvalue weighted by Gasteiger charge is -2.30. The van der Waals surface area contributed by atoms with Gasteiger partial charge in [-0.15, -0.1) is 0 Å². The summed E-state index contributed by atoms with van der Waals surface area (Å²) in [6.07, 6.45) is 42.2. The van der Waals surface area contributed by atoms with E-state index >= 15 is 0 Å². The number of aliphatic hydroxyl groups is 1. The second-order valence-corrected chi connectivity index (χ2v) is 18.5. The lowest BCUT2D eigenvalue weighted by atomic mass is 10.0. The minimum atomic E-state index is -4.56. The van der Waals surface area contributed by atoms with Crippen LogP contribution in [0.5, 0.6) is 0 Å². The van der Waals surface area contributed by atoms with Crippen molar-refractivity contribution in [2.45, 2.75) is 231 Å². The predicted octanol–water partition coefficient (Wildman–Crippen LogP) is 12.1. The van der Waals surface area contributed by atoms with E-state index in [1.165, 1.54) is 148 Å². The van der Waals surface area contributed by atoms with E-state index < -0.39 is 20.0 Å². The van der Waals surface area contributed by atoms with Gasteiger partial charge in [-0.3, -0.25) is 9.36 Å². The summed E-state index contributed by atoms with van der Waals surface area (Å²) in [7, 11) is 1.30. The predicted molar refractivity (Wildman–Crippen MR) is 229 cm³/mol. The summed E-state index contributed by atoms with van der Waals surface area (Å²) in [4.78, 5) is 25.3. The molecule has 8 nitrogen and oxygen atoms in total. The monoisotopic (exact) mass is 787 g/mol. The van der Waals surface area contributed by atoms with Crippen molar-refractivity contribution in [3.05, 3.63) is 12.2 Å². The highest BCUT2D eigenvalue weighted by atomic mass is 31.2. The fourth-order valence-corrected chi connectivity index (χ4v) is 7.52. The molecule has 1 unspecified atom stereocenters. The molecule has 0 aliphatic rings. The number of nitrogens with zero attached hydrogens (tertiary/aromatic N) is 1. The summed E-state index contributed by atoms with van der Waals surface area (Å²) >= 11 is 0. The topological polar surface area (TPSA) is 108 Å². The number of aliphatic hydroxyl groups excluding tert-OH is 1. The van der Waals surface area contributed by atoms with Gasteiger partial charge in [0.05, 0.1) is 39.9 Å². The molecule has 0 aliphatic heterocycles. The molecule has 322 valence electrons. The number of likely N-dealkylation sites (N-methyl/N-ethyl adjacent to an activating group) is 1. The molecular weight excluding hydrogens is 695 g/mol. The fourth-order valence-electron chi connectivity index (χ4n) is 6.80. The Morgan fingerprint density at radius 3 is 1.44 bits per heavy atom. The van der Waals surface area contributed by atoms with Crippen molar-refractivity contribution < 1.29 is 32.9 Å². The second-order valence-electron chi connectivity index (χ2n) is 17.1. The van der Waals surface area contributed by atoms with Crippen LogP contribution in [0.25, 0.3) is 0 Å². The first kappa shape index (κ1) is 53.2. The molecule has 0 fully saturated rings. The first-order chi connectivity index (χ1) is 26.0. The summed E-state index contributed by atoms with van der Waals surface area (Å²) in [5.41, 5.74) is 0. The number of nitrogens with one attached hydrogen (secondary N) is 1. The van der Waals surface area contributed by atoms with Crippen molar-refractivity contribution in [3.63, 3.8) is 0 Å². The summed E-state index contributed by atoms with van der Waals surface area (Å²) in [5, 5.41) is 13.9. The minimum absolute atomic E-state index is 0.00966. The van der Waals surface area contributed by atoms with Gasteiger partial charge >= 0.3 is 0 Å². The summed E-state index contributed by atoms with van der Waals surface area (Å²) < 4.78 is 23.2. The van der Waals surface area contributed by atoms with Crippen molar-refractivity contribution in [2.24, 2.45) is 0 Å². The average molecular weight is 787 g/mol. The normalized spacial score (nSPS) is 14.4. The molecule has 0 aromatic carbocycles. The number of hydrogen-bond donors (Lipinski definition) is 2. The molecule has 0 saturated heterocycles. The van der Waals surface area contributed by atoms with E-state index in [9.17, 15) is 19.4 Å². The first-order valence-corrected chi connectivity index (χ1v) is 24.5. The molecule has 0 saturated carbocycles. The third-order valence-corrected chi connectivity index (χ3v) is 11.5. The fraction of sp³-hybridized carbons (Fsp3) is 0.933. The number of allylic oxidation sites excluding steroid dienone is 2. The lowest BCUT2D eigenvalue weighted by molar-refractivity contribution is -0.870. The number of rotatable bonds is 42. The zero-order valence-corrected chi connectivity index (χ0v) is 37.3. The molecule has 54 heavy (non-hydrogen) atoms. The van der Waals surface area contributed by atoms with Crippen LogP contribution in [-0.4, -0.2) is 68.5 Å². The molecule has 0 aromatic rings. The van der Waals surface area contributed by atoms with Crippen LogP contribution in [-0.2, 0) is 18.4 Å². The molecule has 3 atom stereocenters. The van der Waals surface area contributed by atoms with Crippen LogP contribution in [0.15, 0.2) is 12.2 Å². The van der Waals surface area contributed by atoms with Gasteiger partial charge in [-0.1, -0.05) is 187 Å². The Balaban J connectivity index is 4.30. The van der Waals surface area contributed by atoms with Gasteiger partial charge < -0.3 is 28.8 Å². The van der Waals surface area contributed by atoms with Crippen LogP contribution in [0, 0.1) is 0 Å². The van der Waals surface area contributed by atoms with Crippen LogP contribution < -0.4 is 10.2 Å². The standard InChI is InChI=1S/C45H91N2O6P/c1-6-8-10-12-14-16-18-20-21-22-23-24-25-27-29-31-33-35-37-39-45(49)46-43(42-53-54(50,51)52-41-40-47(3,4)5)44(48)38-36-34-32-30-28-26-19-17-15-13-11-9-7-2/h28,30,43-44,48H,6-27,29,31-42H2,1-5H3,(H-,46,49,50,51)/b30-28+/t43-,44+/m0/s1. The zero-order valence-electron chi connectivity index (χ0n) is 36.4. The maximum atomic E-state index is 12.9. The third-order valence-electron chi connectivity index (χ3n) is 10.5. The molecular formula is C45H91N2O6P. The summed E-state index contributed by atoms with van der Waals surface area (Å²) in [5.74, 6) is -0.172. The van der Waals surface area contributed by atoms with E-state index in [0.717, 1.165) is 44.9 Å². The van der Waals surface area contributed by atoms with Gasteiger partial charge in [-0.2, -0.15) is 0 Å². The van der Waals surface area contributed by atoms with Crippen molar-refractivity contribution in [1.82, 2.24) is 5.32 Å². The van der Waals surface area contributed by atoms with E-state index in [1.807, 2.05) is 21.1 Å². The highest BCUT2D eigenvalue weighted by molar-refractivity contribution is 7.45. The maximum Gasteiger partial charge on any atom is 0.268 e. The Morgan fingerprint density at radius 1 is 0.630 bits per heavy atom. The van der Waals surface area contributed by atoms with Gasteiger partial charge in [0, 0.05) is 6.42 Å². The molecule has 0 radical (unpaired) electrons. The number of unbranched alkanes of at least 4 members (excludes halogenated alkanes) is 27. The Hall–Kier alpha value is -0.760. The van der Waals surface area contributed by atoms with Crippen LogP contribution >= 0.6 is 7.82 Å². The van der Waals surface area contributed by atoms with Crippen molar-refractivity contribution in [2.75, 3.05) is 40.9 Å². The number of phosphoric acid groups is 1. The number of amides is 1. The highest BCUT2D eigenvalue weighted by Gasteiger charge is 2.24. The van der Waals surface area contributed by atoms with Gasteiger partial charge in [0.2, 0.25) is 5.91 Å². The van der Waals surface area contributed by atoms with Crippen molar-refractivity contribution in [1.29, 1.82) is 0 Å². The number of carbonyl (C=O) groups excluding carboxylic acids is 1. The number of quaternary nitrogens is 1. The molecule has 1 amide bonds. The second kappa shape index (κ2) is 37.8. The van der Waals surface area contributed by atoms with Gasteiger partial charge in [0.25, 0.3) is 7.82 Å². The molecule has 0 heterocycles. The largest absolute Gasteiger partial charge is 0.756 e. The Labute approximate surface area is 335 Å². The minimum Gasteiger partial charge on any atom is -0.756 e. The molecule has 2 N–H and O–H groups in total. The van der Waals surface area contributed by atoms with Gasteiger partial charge in [-0.25, -0.2) is 0 Å². The maximum absolute atomic E-state index is 12.9. The Kier molecular flexibility index (Phi) is 37.3. The number of hydrogen-bond acceptors (Lipinski definition) is 6. The molecule has 0 aliphatic carbocycles. The molecule has 0 aromatic heterocycles. The molecule has 0 rings (SSSR count). The van der Waals surface area contributed by atoms with Crippen molar-refractivity contribution in [3.8, 4) is 0 Å². The van der Waals surface area contributed by atoms with E-state index in [-0.39, 0.29) is 19.1 Å². The van der Waals surface area contributed by atoms with Crippen LogP contribution in [0.4, 0.5) is 0 Å². The number of carbonyl (C=O) groups is 1. The third kappa shape index (κ3) is 39.5. The van der Waals surface area contributed by atoms with Gasteiger partial charge in [0.15, 0.2) is 0 Å². The summed E-state index contributed by atoms with van der Waals surface area (Å²) in [6, 6.07) is -0.810. The van der Waals surface area contributed by atoms with Crippen LogP contribution in [0.3, 0.4) is 0 Å². The molecule has 0 bridgehead atoms. The SMILES string of the molecule is CCCCCCCCC/C=C/CCCC[C@@H](O)[C@H](COP(=O)([O-])OCC[N+](C)(C)C)NC(=O)CCCCCCCCCCCCCCCCCCCCC. The van der Waals surface area contributed by atoms with Gasteiger partial charge in [0.1, 0.15) is 13.2 Å². The van der Waals surface area contributed by atoms with Crippen LogP contribution in [0.1, 0.15) is 219 Å². The highest BCUT2D eigenvalue weighted by Crippen LogP contribution is 2.38. The zero-order chi connectivity index (χ0) is 40.0. The van der Waals surface area contributed by atoms with Crippen molar-refractivity contribution >= 4 is 13.7 Å². The smallest absolute Gasteiger partial charge is 0.268 e.